The number of H-pyrrole nitrogens is 1. The molecular formula is C12H11FN4O3. The first kappa shape index (κ1) is 13.7. The lowest BCUT2D eigenvalue weighted by molar-refractivity contribution is 0.0602. The standard InChI is InChI=1S/C12H11FN4O3/c1-6-14-10(17-16-6)11(18)15-9-5-7(13)3-4-8(9)12(19)20-2/h3-5H,1-2H3,(H,15,18)(H,14,16,17). The van der Waals surface area contributed by atoms with Gasteiger partial charge in [0.15, 0.2) is 0 Å². The minimum atomic E-state index is -0.688. The summed E-state index contributed by atoms with van der Waals surface area (Å²) in [5.41, 5.74) is 0.0267. The summed E-state index contributed by atoms with van der Waals surface area (Å²) in [6, 6.07) is 3.34. The maximum atomic E-state index is 13.2. The van der Waals surface area contributed by atoms with Gasteiger partial charge in [-0.3, -0.25) is 9.89 Å². The van der Waals surface area contributed by atoms with Crippen molar-refractivity contribution < 1.29 is 18.7 Å². The van der Waals surface area contributed by atoms with E-state index in [4.69, 9.17) is 0 Å². The number of aromatic amines is 1. The molecule has 1 aromatic carbocycles. The molecule has 1 heterocycles. The average Bonchev–Trinajstić information content (AvgIpc) is 2.85. The molecule has 1 amide bonds. The lowest BCUT2D eigenvalue weighted by Crippen LogP contribution is -2.17. The number of carbonyl (C=O) groups is 2. The average molecular weight is 278 g/mol. The molecule has 2 N–H and O–H groups in total. The van der Waals surface area contributed by atoms with E-state index in [1.54, 1.807) is 6.92 Å². The Kier molecular flexibility index (Phi) is 3.74. The second kappa shape index (κ2) is 5.47. The fourth-order valence-corrected chi connectivity index (χ4v) is 1.53. The largest absolute Gasteiger partial charge is 0.465 e. The van der Waals surface area contributed by atoms with Crippen molar-refractivity contribution in [3.8, 4) is 0 Å². The number of ether oxygens (including phenoxy) is 1. The van der Waals surface area contributed by atoms with Gasteiger partial charge in [-0.15, -0.1) is 5.10 Å². The van der Waals surface area contributed by atoms with Gasteiger partial charge >= 0.3 is 5.97 Å². The van der Waals surface area contributed by atoms with E-state index in [1.807, 2.05) is 0 Å². The fraction of sp³-hybridized carbons (Fsp3) is 0.167. The van der Waals surface area contributed by atoms with Crippen molar-refractivity contribution in [1.29, 1.82) is 0 Å². The van der Waals surface area contributed by atoms with Crippen molar-refractivity contribution in [2.75, 3.05) is 12.4 Å². The summed E-state index contributed by atoms with van der Waals surface area (Å²) in [4.78, 5) is 27.2. The van der Waals surface area contributed by atoms with Crippen LogP contribution in [-0.2, 0) is 4.74 Å². The number of aromatic nitrogens is 3. The molecule has 2 rings (SSSR count). The number of nitrogens with one attached hydrogen (secondary N) is 2. The van der Waals surface area contributed by atoms with E-state index in [-0.39, 0.29) is 17.1 Å². The lowest BCUT2D eigenvalue weighted by Gasteiger charge is -2.08. The summed E-state index contributed by atoms with van der Waals surface area (Å²) in [7, 11) is 1.19. The van der Waals surface area contributed by atoms with Crippen molar-refractivity contribution in [2.24, 2.45) is 0 Å². The lowest BCUT2D eigenvalue weighted by atomic mass is 10.1. The van der Waals surface area contributed by atoms with Gasteiger partial charge in [-0.1, -0.05) is 0 Å². The number of esters is 1. The third kappa shape index (κ3) is 2.79. The Morgan fingerprint density at radius 2 is 2.15 bits per heavy atom. The summed E-state index contributed by atoms with van der Waals surface area (Å²) in [6.45, 7) is 1.63. The maximum absolute atomic E-state index is 13.2. The second-order valence-electron chi connectivity index (χ2n) is 3.88. The van der Waals surface area contributed by atoms with Crippen LogP contribution >= 0.6 is 0 Å². The number of carbonyl (C=O) groups excluding carboxylic acids is 2. The van der Waals surface area contributed by atoms with Crippen molar-refractivity contribution >= 4 is 17.6 Å². The summed E-state index contributed by atoms with van der Waals surface area (Å²) in [6.07, 6.45) is 0. The smallest absolute Gasteiger partial charge is 0.339 e. The van der Waals surface area contributed by atoms with Crippen LogP contribution in [0, 0.1) is 12.7 Å². The molecule has 0 atom stereocenters. The number of aryl methyl sites for hydroxylation is 1. The zero-order valence-corrected chi connectivity index (χ0v) is 10.7. The Morgan fingerprint density at radius 1 is 1.40 bits per heavy atom. The van der Waals surface area contributed by atoms with Crippen LogP contribution < -0.4 is 5.32 Å². The van der Waals surface area contributed by atoms with Crippen LogP contribution in [0.15, 0.2) is 18.2 Å². The Balaban J connectivity index is 2.30. The first-order valence-electron chi connectivity index (χ1n) is 5.59. The first-order chi connectivity index (χ1) is 9.51. The van der Waals surface area contributed by atoms with Crippen LogP contribution in [0.25, 0.3) is 0 Å². The second-order valence-corrected chi connectivity index (χ2v) is 3.88. The SMILES string of the molecule is COC(=O)c1ccc(F)cc1NC(=O)c1n[nH]c(C)n1. The van der Waals surface area contributed by atoms with Crippen LogP contribution in [0.2, 0.25) is 0 Å². The third-order valence-corrected chi connectivity index (χ3v) is 2.44. The number of hydrogen-bond donors (Lipinski definition) is 2. The molecule has 20 heavy (non-hydrogen) atoms. The van der Waals surface area contributed by atoms with Gasteiger partial charge in [0.25, 0.3) is 5.91 Å². The molecule has 0 fully saturated rings. The molecule has 104 valence electrons. The fourth-order valence-electron chi connectivity index (χ4n) is 1.53. The number of nitrogens with zero attached hydrogens (tertiary/aromatic N) is 2. The molecule has 0 radical (unpaired) electrons. The van der Waals surface area contributed by atoms with Crippen LogP contribution in [0.4, 0.5) is 10.1 Å². The van der Waals surface area contributed by atoms with Gasteiger partial charge in [0.05, 0.1) is 18.4 Å². The maximum Gasteiger partial charge on any atom is 0.339 e. The topological polar surface area (TPSA) is 97.0 Å². The van der Waals surface area contributed by atoms with Gasteiger partial charge in [0, 0.05) is 0 Å². The summed E-state index contributed by atoms with van der Waals surface area (Å²) in [5, 5.41) is 8.55. The molecule has 0 saturated carbocycles. The highest BCUT2D eigenvalue weighted by Gasteiger charge is 2.17. The Bertz CT molecular complexity index is 668. The molecule has 0 bridgehead atoms. The summed E-state index contributed by atoms with van der Waals surface area (Å²) >= 11 is 0. The Labute approximate surface area is 113 Å². The Morgan fingerprint density at radius 3 is 2.75 bits per heavy atom. The summed E-state index contributed by atoms with van der Waals surface area (Å²) in [5.74, 6) is -1.60. The van der Waals surface area contributed by atoms with Crippen LogP contribution in [0.5, 0.6) is 0 Å². The van der Waals surface area contributed by atoms with E-state index in [0.29, 0.717) is 5.82 Å². The number of amides is 1. The monoisotopic (exact) mass is 278 g/mol. The van der Waals surface area contributed by atoms with Crippen molar-refractivity contribution in [1.82, 2.24) is 15.2 Å². The van der Waals surface area contributed by atoms with Gasteiger partial charge in [-0.05, 0) is 25.1 Å². The van der Waals surface area contributed by atoms with Crippen molar-refractivity contribution in [2.45, 2.75) is 6.92 Å². The van der Waals surface area contributed by atoms with Gasteiger partial charge in [-0.2, -0.15) is 0 Å². The molecule has 2 aromatic rings. The first-order valence-corrected chi connectivity index (χ1v) is 5.59. The van der Waals surface area contributed by atoms with E-state index < -0.39 is 17.7 Å². The Hall–Kier alpha value is -2.77. The zero-order valence-electron chi connectivity index (χ0n) is 10.7. The van der Waals surface area contributed by atoms with Gasteiger partial charge in [0.2, 0.25) is 5.82 Å². The van der Waals surface area contributed by atoms with E-state index in [2.05, 4.69) is 25.2 Å². The minimum absolute atomic E-state index is 0.00990. The molecule has 8 heteroatoms. The number of rotatable bonds is 3. The molecular weight excluding hydrogens is 267 g/mol. The molecule has 0 spiro atoms. The van der Waals surface area contributed by atoms with Crippen LogP contribution in [-0.4, -0.2) is 34.2 Å². The molecule has 0 unspecified atom stereocenters. The number of benzene rings is 1. The van der Waals surface area contributed by atoms with Crippen molar-refractivity contribution in [3.05, 3.63) is 41.2 Å². The van der Waals surface area contributed by atoms with Crippen molar-refractivity contribution in [3.63, 3.8) is 0 Å². The number of hydrogen-bond acceptors (Lipinski definition) is 5. The predicted molar refractivity (Wildman–Crippen MR) is 66.8 cm³/mol. The van der Waals surface area contributed by atoms with E-state index in [0.717, 1.165) is 12.1 Å². The number of methoxy groups -OCH3 is 1. The molecule has 1 aromatic heterocycles. The molecule has 0 aliphatic rings. The van der Waals surface area contributed by atoms with Crippen LogP contribution in [0.3, 0.4) is 0 Å². The third-order valence-electron chi connectivity index (χ3n) is 2.44. The molecule has 0 saturated heterocycles. The van der Waals surface area contributed by atoms with E-state index in [1.165, 1.54) is 13.2 Å². The highest BCUT2D eigenvalue weighted by molar-refractivity contribution is 6.06. The van der Waals surface area contributed by atoms with E-state index in [9.17, 15) is 14.0 Å². The summed E-state index contributed by atoms with van der Waals surface area (Å²) < 4.78 is 17.8. The molecule has 7 nitrogen and oxygen atoms in total. The molecule has 0 aliphatic heterocycles. The highest BCUT2D eigenvalue weighted by Crippen LogP contribution is 2.18. The molecule has 0 aliphatic carbocycles. The number of anilines is 1. The normalized spacial score (nSPS) is 10.2. The zero-order chi connectivity index (χ0) is 14.7. The minimum Gasteiger partial charge on any atom is -0.465 e. The van der Waals surface area contributed by atoms with Gasteiger partial charge in [0.1, 0.15) is 11.6 Å². The quantitative estimate of drug-likeness (QED) is 0.824. The van der Waals surface area contributed by atoms with Crippen LogP contribution in [0.1, 0.15) is 26.8 Å². The van der Waals surface area contributed by atoms with Gasteiger partial charge in [-0.25, -0.2) is 14.2 Å². The highest BCUT2D eigenvalue weighted by atomic mass is 19.1. The van der Waals surface area contributed by atoms with E-state index >= 15 is 0 Å². The van der Waals surface area contributed by atoms with Gasteiger partial charge < -0.3 is 10.1 Å². The predicted octanol–water partition coefficient (Wildman–Crippen LogP) is 1.29. The number of halogens is 1.